The zero-order valence-electron chi connectivity index (χ0n) is 16.8. The number of rotatable bonds is 6. The van der Waals surface area contributed by atoms with Crippen molar-refractivity contribution < 1.29 is 27.4 Å². The van der Waals surface area contributed by atoms with E-state index < -0.39 is 10.0 Å². The highest BCUT2D eigenvalue weighted by molar-refractivity contribution is 7.92. The number of hydrogen-bond donors (Lipinski definition) is 2. The lowest BCUT2D eigenvalue weighted by Crippen LogP contribution is -2.16. The number of ether oxygens (including phenoxy) is 3. The molecule has 31 heavy (non-hydrogen) atoms. The molecule has 0 unspecified atom stereocenters. The maximum Gasteiger partial charge on any atom is 0.261 e. The molecule has 0 saturated heterocycles. The molecular weight excluding hydrogens is 420 g/mol. The maximum atomic E-state index is 12.8. The highest BCUT2D eigenvalue weighted by Crippen LogP contribution is 2.34. The van der Waals surface area contributed by atoms with E-state index in [0.717, 1.165) is 0 Å². The number of hydrogen-bond acceptors (Lipinski definition) is 6. The summed E-state index contributed by atoms with van der Waals surface area (Å²) < 4.78 is 43.7. The molecule has 3 aromatic rings. The molecule has 0 atom stereocenters. The molecule has 1 aliphatic rings. The van der Waals surface area contributed by atoms with Crippen molar-refractivity contribution in [3.05, 3.63) is 71.8 Å². The molecule has 0 aliphatic carbocycles. The van der Waals surface area contributed by atoms with E-state index in [4.69, 9.17) is 14.2 Å². The third-order valence-electron chi connectivity index (χ3n) is 4.74. The van der Waals surface area contributed by atoms with Crippen LogP contribution < -0.4 is 24.2 Å². The highest BCUT2D eigenvalue weighted by Gasteiger charge is 2.18. The Morgan fingerprint density at radius 2 is 1.71 bits per heavy atom. The molecule has 0 fully saturated rings. The Balaban J connectivity index is 1.54. The Hall–Kier alpha value is -3.72. The molecule has 1 amide bonds. The van der Waals surface area contributed by atoms with Crippen molar-refractivity contribution in [3.8, 4) is 17.2 Å². The molecule has 0 saturated carbocycles. The third kappa shape index (κ3) is 4.41. The van der Waals surface area contributed by atoms with Gasteiger partial charge < -0.3 is 19.5 Å². The summed E-state index contributed by atoms with van der Waals surface area (Å²) in [5, 5.41) is 2.78. The minimum Gasteiger partial charge on any atom is -0.497 e. The predicted molar refractivity (Wildman–Crippen MR) is 115 cm³/mol. The van der Waals surface area contributed by atoms with Crippen LogP contribution in [0, 0.1) is 6.92 Å². The Morgan fingerprint density at radius 1 is 0.968 bits per heavy atom. The van der Waals surface area contributed by atoms with Gasteiger partial charge in [0.05, 0.1) is 17.7 Å². The van der Waals surface area contributed by atoms with Gasteiger partial charge in [0.1, 0.15) is 5.75 Å². The first-order valence-electron chi connectivity index (χ1n) is 9.34. The summed E-state index contributed by atoms with van der Waals surface area (Å²) in [6.07, 6.45) is 0. The van der Waals surface area contributed by atoms with E-state index in [1.165, 1.54) is 25.3 Å². The number of amides is 1. The highest BCUT2D eigenvalue weighted by atomic mass is 32.2. The minimum absolute atomic E-state index is 0.0860. The average molecular weight is 440 g/mol. The number of anilines is 2. The Bertz CT molecular complexity index is 1240. The van der Waals surface area contributed by atoms with Gasteiger partial charge >= 0.3 is 0 Å². The van der Waals surface area contributed by atoms with Crippen LogP contribution in [0.2, 0.25) is 0 Å². The SMILES string of the molecule is COc1ccc(S(=O)(=O)Nc2cc(C(=O)Nc3ccc4c(c3)OCO4)ccc2C)cc1. The van der Waals surface area contributed by atoms with Crippen molar-refractivity contribution in [2.24, 2.45) is 0 Å². The Morgan fingerprint density at radius 3 is 2.45 bits per heavy atom. The summed E-state index contributed by atoms with van der Waals surface area (Å²) in [6.45, 7) is 1.90. The van der Waals surface area contributed by atoms with Crippen LogP contribution in [-0.2, 0) is 10.0 Å². The van der Waals surface area contributed by atoms with E-state index in [2.05, 4.69) is 10.0 Å². The normalized spacial score (nSPS) is 12.3. The molecule has 160 valence electrons. The summed E-state index contributed by atoms with van der Waals surface area (Å²) in [6, 6.07) is 15.9. The third-order valence-corrected chi connectivity index (χ3v) is 6.13. The molecule has 0 spiro atoms. The van der Waals surface area contributed by atoms with Gasteiger partial charge in [0, 0.05) is 17.3 Å². The lowest BCUT2D eigenvalue weighted by molar-refractivity contribution is 0.102. The van der Waals surface area contributed by atoms with Crippen LogP contribution in [0.1, 0.15) is 15.9 Å². The van der Waals surface area contributed by atoms with Gasteiger partial charge in [0.25, 0.3) is 15.9 Å². The van der Waals surface area contributed by atoms with Gasteiger partial charge in [0.2, 0.25) is 6.79 Å². The summed E-state index contributed by atoms with van der Waals surface area (Å²) in [5.74, 6) is 1.33. The van der Waals surface area contributed by atoms with Crippen molar-refractivity contribution in [3.63, 3.8) is 0 Å². The second kappa shape index (κ2) is 8.19. The summed E-state index contributed by atoms with van der Waals surface area (Å²) in [5.41, 5.74) is 1.83. The van der Waals surface area contributed by atoms with Crippen LogP contribution in [-0.4, -0.2) is 28.2 Å². The number of sulfonamides is 1. The van der Waals surface area contributed by atoms with Gasteiger partial charge in [-0.15, -0.1) is 0 Å². The number of aryl methyl sites for hydroxylation is 1. The lowest BCUT2D eigenvalue weighted by atomic mass is 10.1. The topological polar surface area (TPSA) is 103 Å². The molecule has 4 rings (SSSR count). The van der Waals surface area contributed by atoms with Crippen LogP contribution >= 0.6 is 0 Å². The fraction of sp³-hybridized carbons (Fsp3) is 0.136. The zero-order valence-corrected chi connectivity index (χ0v) is 17.7. The fourth-order valence-corrected chi connectivity index (χ4v) is 4.13. The molecule has 1 aliphatic heterocycles. The van der Waals surface area contributed by atoms with Crippen LogP contribution in [0.25, 0.3) is 0 Å². The second-order valence-corrected chi connectivity index (χ2v) is 8.52. The van der Waals surface area contributed by atoms with Gasteiger partial charge in [-0.1, -0.05) is 6.07 Å². The smallest absolute Gasteiger partial charge is 0.261 e. The maximum absolute atomic E-state index is 12.8. The first-order valence-corrected chi connectivity index (χ1v) is 10.8. The monoisotopic (exact) mass is 440 g/mol. The van der Waals surface area contributed by atoms with E-state index in [9.17, 15) is 13.2 Å². The second-order valence-electron chi connectivity index (χ2n) is 6.83. The fourth-order valence-electron chi connectivity index (χ4n) is 3.01. The largest absolute Gasteiger partial charge is 0.497 e. The molecule has 0 aromatic heterocycles. The van der Waals surface area contributed by atoms with E-state index in [0.29, 0.717) is 39.8 Å². The molecule has 8 nitrogen and oxygen atoms in total. The van der Waals surface area contributed by atoms with E-state index in [1.807, 2.05) is 0 Å². The van der Waals surface area contributed by atoms with Crippen LogP contribution in [0.15, 0.2) is 65.6 Å². The van der Waals surface area contributed by atoms with Gasteiger partial charge in [0.15, 0.2) is 11.5 Å². The molecule has 3 aromatic carbocycles. The van der Waals surface area contributed by atoms with Crippen LogP contribution in [0.4, 0.5) is 11.4 Å². The van der Waals surface area contributed by atoms with Gasteiger partial charge in [-0.2, -0.15) is 0 Å². The number of benzene rings is 3. The molecule has 2 N–H and O–H groups in total. The Labute approximate surface area is 179 Å². The van der Waals surface area contributed by atoms with Gasteiger partial charge in [-0.05, 0) is 61.0 Å². The number of carbonyl (C=O) groups is 1. The zero-order chi connectivity index (χ0) is 22.0. The van der Waals surface area contributed by atoms with Crippen molar-refractivity contribution in [2.75, 3.05) is 23.9 Å². The van der Waals surface area contributed by atoms with Crippen LogP contribution in [0.3, 0.4) is 0 Å². The molecular formula is C22H20N2O6S. The van der Waals surface area contributed by atoms with Crippen molar-refractivity contribution in [2.45, 2.75) is 11.8 Å². The minimum atomic E-state index is -3.84. The van der Waals surface area contributed by atoms with Gasteiger partial charge in [-0.25, -0.2) is 8.42 Å². The number of methoxy groups -OCH3 is 1. The Kier molecular flexibility index (Phi) is 5.43. The summed E-state index contributed by atoms with van der Waals surface area (Å²) in [7, 11) is -2.33. The van der Waals surface area contributed by atoms with Crippen molar-refractivity contribution in [1.82, 2.24) is 0 Å². The van der Waals surface area contributed by atoms with Crippen molar-refractivity contribution in [1.29, 1.82) is 0 Å². The quantitative estimate of drug-likeness (QED) is 0.605. The summed E-state index contributed by atoms with van der Waals surface area (Å²) >= 11 is 0. The van der Waals surface area contributed by atoms with Crippen molar-refractivity contribution >= 4 is 27.3 Å². The lowest BCUT2D eigenvalue weighted by Gasteiger charge is -2.13. The summed E-state index contributed by atoms with van der Waals surface area (Å²) in [4.78, 5) is 12.8. The predicted octanol–water partition coefficient (Wildman–Crippen LogP) is 3.79. The molecule has 9 heteroatoms. The number of carbonyl (C=O) groups excluding carboxylic acids is 1. The first kappa shape index (κ1) is 20.5. The van der Waals surface area contributed by atoms with E-state index in [1.54, 1.807) is 49.4 Å². The standard InChI is InChI=1S/C22H20N2O6S/c1-14-3-4-15(22(25)23-16-5-10-20-21(12-16)30-13-29-20)11-19(14)24-31(26,27)18-8-6-17(28-2)7-9-18/h3-12,24H,13H2,1-2H3,(H,23,25). The van der Waals surface area contributed by atoms with E-state index >= 15 is 0 Å². The number of fused-ring (bicyclic) bond motifs is 1. The van der Waals surface area contributed by atoms with Gasteiger partial charge in [-0.3, -0.25) is 9.52 Å². The number of nitrogens with one attached hydrogen (secondary N) is 2. The average Bonchev–Trinajstić information content (AvgIpc) is 3.23. The van der Waals surface area contributed by atoms with E-state index in [-0.39, 0.29) is 17.6 Å². The molecule has 0 bridgehead atoms. The first-order chi connectivity index (χ1) is 14.9. The molecule has 0 radical (unpaired) electrons. The molecule has 1 heterocycles. The van der Waals surface area contributed by atoms with Crippen LogP contribution in [0.5, 0.6) is 17.2 Å².